The van der Waals surface area contributed by atoms with E-state index in [4.69, 9.17) is 4.74 Å². The van der Waals surface area contributed by atoms with Crippen LogP contribution in [0, 0.1) is 13.8 Å². The summed E-state index contributed by atoms with van der Waals surface area (Å²) in [5, 5.41) is 2.75. The smallest absolute Gasteiger partial charge is 0.265 e. The van der Waals surface area contributed by atoms with Crippen LogP contribution in [-0.4, -0.2) is 37.8 Å². The Bertz CT molecular complexity index is 937. The maximum atomic E-state index is 12.5. The molecule has 1 amide bonds. The van der Waals surface area contributed by atoms with Gasteiger partial charge in [-0.2, -0.15) is 4.31 Å². The van der Waals surface area contributed by atoms with Crippen LogP contribution >= 0.6 is 0 Å². The number of carbonyl (C=O) groups excluding carboxylic acids is 1. The first-order chi connectivity index (χ1) is 13.0. The number of hydrogen-bond donors (Lipinski definition) is 1. The molecule has 2 rings (SSSR count). The molecule has 7 heteroatoms. The van der Waals surface area contributed by atoms with E-state index in [1.54, 1.807) is 26.1 Å². The van der Waals surface area contributed by atoms with Crippen LogP contribution in [0.15, 0.2) is 47.4 Å². The van der Waals surface area contributed by atoms with Gasteiger partial charge >= 0.3 is 0 Å². The van der Waals surface area contributed by atoms with Gasteiger partial charge < -0.3 is 10.1 Å². The molecule has 0 aliphatic rings. The van der Waals surface area contributed by atoms with Crippen molar-refractivity contribution in [3.8, 4) is 5.75 Å². The van der Waals surface area contributed by atoms with E-state index in [0.29, 0.717) is 11.4 Å². The molecule has 0 radical (unpaired) electrons. The number of aryl methyl sites for hydroxylation is 1. The number of carbonyl (C=O) groups is 1. The summed E-state index contributed by atoms with van der Waals surface area (Å²) in [6, 6.07) is 11.7. The van der Waals surface area contributed by atoms with Gasteiger partial charge in [0.05, 0.1) is 4.90 Å². The zero-order chi connectivity index (χ0) is 21.1. The molecule has 1 atom stereocenters. The summed E-state index contributed by atoms with van der Waals surface area (Å²) in [6.45, 7) is 9.22. The van der Waals surface area contributed by atoms with Crippen molar-refractivity contribution in [3.63, 3.8) is 0 Å². The van der Waals surface area contributed by atoms with Crippen molar-refractivity contribution < 1.29 is 17.9 Å². The van der Waals surface area contributed by atoms with E-state index < -0.39 is 16.1 Å². The zero-order valence-corrected chi connectivity index (χ0v) is 18.0. The summed E-state index contributed by atoms with van der Waals surface area (Å²) >= 11 is 0. The normalized spacial score (nSPS) is 12.9. The highest BCUT2D eigenvalue weighted by molar-refractivity contribution is 7.89. The van der Waals surface area contributed by atoms with Crippen LogP contribution in [-0.2, 0) is 14.8 Å². The van der Waals surface area contributed by atoms with Crippen LogP contribution in [0.25, 0.3) is 0 Å². The minimum absolute atomic E-state index is 0.146. The lowest BCUT2D eigenvalue weighted by Gasteiger charge is -2.21. The largest absolute Gasteiger partial charge is 0.481 e. The molecule has 0 saturated heterocycles. The lowest BCUT2D eigenvalue weighted by molar-refractivity contribution is -0.122. The predicted molar refractivity (Wildman–Crippen MR) is 111 cm³/mol. The molecule has 0 aliphatic heterocycles. The number of amides is 1. The lowest BCUT2D eigenvalue weighted by Crippen LogP contribution is -2.33. The van der Waals surface area contributed by atoms with Gasteiger partial charge in [-0.05, 0) is 76.1 Å². The van der Waals surface area contributed by atoms with E-state index in [0.717, 1.165) is 11.1 Å². The van der Waals surface area contributed by atoms with Crippen LogP contribution in [0.5, 0.6) is 5.75 Å². The van der Waals surface area contributed by atoms with Crippen LogP contribution in [0.3, 0.4) is 0 Å². The summed E-state index contributed by atoms with van der Waals surface area (Å²) in [6.07, 6.45) is -0.698. The fraction of sp³-hybridized carbons (Fsp3) is 0.381. The van der Waals surface area contributed by atoms with Gasteiger partial charge in [0.2, 0.25) is 10.0 Å². The predicted octanol–water partition coefficient (Wildman–Crippen LogP) is 3.74. The minimum atomic E-state index is -3.55. The van der Waals surface area contributed by atoms with Crippen LogP contribution in [0.4, 0.5) is 5.69 Å². The van der Waals surface area contributed by atoms with Gasteiger partial charge in [-0.15, -0.1) is 0 Å². The number of nitrogens with one attached hydrogen (secondary N) is 1. The van der Waals surface area contributed by atoms with Crippen molar-refractivity contribution in [2.75, 3.05) is 12.4 Å². The Labute approximate surface area is 167 Å². The van der Waals surface area contributed by atoms with Crippen molar-refractivity contribution in [1.29, 1.82) is 0 Å². The maximum Gasteiger partial charge on any atom is 0.265 e. The molecular formula is C21H28N2O4S. The van der Waals surface area contributed by atoms with E-state index in [9.17, 15) is 13.2 Å². The fourth-order valence-corrected chi connectivity index (χ4v) is 3.86. The minimum Gasteiger partial charge on any atom is -0.481 e. The number of ether oxygens (including phenoxy) is 1. The van der Waals surface area contributed by atoms with E-state index in [1.165, 1.54) is 16.4 Å². The summed E-state index contributed by atoms with van der Waals surface area (Å²) in [5.41, 5.74) is 2.59. The van der Waals surface area contributed by atoms with Crippen molar-refractivity contribution in [1.82, 2.24) is 4.31 Å². The van der Waals surface area contributed by atoms with Crippen molar-refractivity contribution in [2.45, 2.75) is 51.7 Å². The first-order valence-corrected chi connectivity index (χ1v) is 10.6. The van der Waals surface area contributed by atoms with E-state index >= 15 is 0 Å². The van der Waals surface area contributed by atoms with Crippen molar-refractivity contribution in [2.24, 2.45) is 0 Å². The quantitative estimate of drug-likeness (QED) is 0.763. The van der Waals surface area contributed by atoms with E-state index in [2.05, 4.69) is 5.32 Å². The van der Waals surface area contributed by atoms with Gasteiger partial charge in [-0.25, -0.2) is 8.42 Å². The molecule has 0 aromatic heterocycles. The van der Waals surface area contributed by atoms with E-state index in [1.807, 2.05) is 45.9 Å². The standard InChI is InChI=1S/C21H28N2O4S/c1-14(2)23(6)28(25,26)19-12-10-18(11-13-19)22-21(24)17(5)27-20-9-7-8-15(3)16(20)4/h7-14,17H,1-6H3,(H,22,24). The molecule has 28 heavy (non-hydrogen) atoms. The molecule has 0 heterocycles. The molecule has 0 spiro atoms. The summed E-state index contributed by atoms with van der Waals surface area (Å²) < 4.78 is 32.1. The average molecular weight is 405 g/mol. The Morgan fingerprint density at radius 2 is 1.64 bits per heavy atom. The molecule has 0 aliphatic carbocycles. The third-order valence-corrected chi connectivity index (χ3v) is 6.80. The van der Waals surface area contributed by atoms with Gasteiger partial charge in [-0.3, -0.25) is 4.79 Å². The fourth-order valence-electron chi connectivity index (χ4n) is 2.49. The van der Waals surface area contributed by atoms with Gasteiger partial charge in [0, 0.05) is 18.8 Å². The molecule has 0 bridgehead atoms. The molecule has 152 valence electrons. The Kier molecular flexibility index (Phi) is 6.85. The second kappa shape index (κ2) is 8.75. The summed E-state index contributed by atoms with van der Waals surface area (Å²) in [7, 11) is -2.01. The molecule has 6 nitrogen and oxygen atoms in total. The second-order valence-electron chi connectivity index (χ2n) is 7.09. The highest BCUT2D eigenvalue weighted by Crippen LogP contribution is 2.23. The third-order valence-electron chi connectivity index (χ3n) is 4.75. The Morgan fingerprint density at radius 1 is 1.04 bits per heavy atom. The van der Waals surface area contributed by atoms with Crippen LogP contribution < -0.4 is 10.1 Å². The Balaban J connectivity index is 2.07. The lowest BCUT2D eigenvalue weighted by atomic mass is 10.1. The second-order valence-corrected chi connectivity index (χ2v) is 9.08. The number of benzene rings is 2. The SMILES string of the molecule is Cc1cccc(OC(C)C(=O)Nc2ccc(S(=O)(=O)N(C)C(C)C)cc2)c1C. The van der Waals surface area contributed by atoms with Gasteiger partial charge in [0.15, 0.2) is 6.10 Å². The third kappa shape index (κ3) is 4.91. The van der Waals surface area contributed by atoms with Gasteiger partial charge in [-0.1, -0.05) is 12.1 Å². The molecule has 0 saturated carbocycles. The number of anilines is 1. The van der Waals surface area contributed by atoms with Crippen LogP contribution in [0.1, 0.15) is 31.9 Å². The first-order valence-electron chi connectivity index (χ1n) is 9.16. The molecule has 2 aromatic rings. The number of hydrogen-bond acceptors (Lipinski definition) is 4. The number of rotatable bonds is 7. The van der Waals surface area contributed by atoms with Crippen molar-refractivity contribution in [3.05, 3.63) is 53.6 Å². The number of sulfonamides is 1. The molecule has 1 N–H and O–H groups in total. The van der Waals surface area contributed by atoms with Gasteiger partial charge in [0.25, 0.3) is 5.91 Å². The van der Waals surface area contributed by atoms with Crippen LogP contribution in [0.2, 0.25) is 0 Å². The topological polar surface area (TPSA) is 75.7 Å². The zero-order valence-electron chi connectivity index (χ0n) is 17.2. The summed E-state index contributed by atoms with van der Waals surface area (Å²) in [5.74, 6) is 0.358. The molecule has 1 unspecified atom stereocenters. The highest BCUT2D eigenvalue weighted by Gasteiger charge is 2.23. The molecular weight excluding hydrogens is 376 g/mol. The van der Waals surface area contributed by atoms with Crippen molar-refractivity contribution >= 4 is 21.6 Å². The average Bonchev–Trinajstić information content (AvgIpc) is 2.65. The number of nitrogens with zero attached hydrogens (tertiary/aromatic N) is 1. The van der Waals surface area contributed by atoms with Gasteiger partial charge in [0.1, 0.15) is 5.75 Å². The molecule has 2 aromatic carbocycles. The molecule has 0 fully saturated rings. The monoisotopic (exact) mass is 404 g/mol. The van der Waals surface area contributed by atoms with E-state index in [-0.39, 0.29) is 16.8 Å². The first kappa shape index (κ1) is 21.9. The maximum absolute atomic E-state index is 12.5. The highest BCUT2D eigenvalue weighted by atomic mass is 32.2. The summed E-state index contributed by atoms with van der Waals surface area (Å²) in [4.78, 5) is 12.6. The Morgan fingerprint density at radius 3 is 2.21 bits per heavy atom. The Hall–Kier alpha value is -2.38.